The van der Waals surface area contributed by atoms with Gasteiger partial charge in [-0.05, 0) is 37.0 Å². The molecular weight excluding hydrogens is 302 g/mol. The molecule has 1 aliphatic rings. The highest BCUT2D eigenvalue weighted by Crippen LogP contribution is 2.19. The largest absolute Gasteiger partial charge is 0.381 e. The molecule has 1 aliphatic heterocycles. The van der Waals surface area contributed by atoms with Gasteiger partial charge in [0.2, 0.25) is 0 Å². The second-order valence-electron chi connectivity index (χ2n) is 6.02. The quantitative estimate of drug-likeness (QED) is 0.872. The van der Waals surface area contributed by atoms with Gasteiger partial charge in [-0.25, -0.2) is 13.6 Å². The lowest BCUT2D eigenvalue weighted by molar-refractivity contribution is 0.113. The molecule has 2 unspecified atom stereocenters. The van der Waals surface area contributed by atoms with E-state index in [1.165, 1.54) is 6.07 Å². The molecule has 2 atom stereocenters. The fraction of sp³-hybridized carbons (Fsp3) is 0.588. The Labute approximate surface area is 135 Å². The molecule has 1 fully saturated rings. The van der Waals surface area contributed by atoms with E-state index in [9.17, 15) is 13.6 Å². The summed E-state index contributed by atoms with van der Waals surface area (Å²) in [6, 6.07) is 3.73. The van der Waals surface area contributed by atoms with Crippen molar-refractivity contribution in [3.05, 3.63) is 35.4 Å². The van der Waals surface area contributed by atoms with Gasteiger partial charge in [-0.2, -0.15) is 0 Å². The zero-order valence-corrected chi connectivity index (χ0v) is 13.6. The molecule has 23 heavy (non-hydrogen) atoms. The molecule has 0 radical (unpaired) electrons. The highest BCUT2D eigenvalue weighted by atomic mass is 19.2. The van der Waals surface area contributed by atoms with Gasteiger partial charge in [0.05, 0.1) is 6.61 Å². The lowest BCUT2D eigenvalue weighted by Crippen LogP contribution is -2.40. The molecule has 1 aromatic rings. The molecular formula is C17H24F2N2O2. The Morgan fingerprint density at radius 3 is 2.91 bits per heavy atom. The summed E-state index contributed by atoms with van der Waals surface area (Å²) in [5.74, 6) is -1.42. The molecule has 4 nitrogen and oxygen atoms in total. The van der Waals surface area contributed by atoms with E-state index in [4.69, 9.17) is 4.74 Å². The van der Waals surface area contributed by atoms with Crippen molar-refractivity contribution in [3.63, 3.8) is 0 Å². The van der Waals surface area contributed by atoms with Crippen molar-refractivity contribution in [2.75, 3.05) is 32.8 Å². The average Bonchev–Trinajstić information content (AvgIpc) is 3.01. The smallest absolute Gasteiger partial charge is 0.317 e. The minimum absolute atomic E-state index is 0.0872. The van der Waals surface area contributed by atoms with E-state index in [-0.39, 0.29) is 11.9 Å². The number of ether oxygens (including phenoxy) is 1. The molecule has 0 aliphatic carbocycles. The molecule has 0 saturated carbocycles. The third-order valence-electron chi connectivity index (χ3n) is 4.20. The van der Waals surface area contributed by atoms with E-state index in [1.54, 1.807) is 11.0 Å². The van der Waals surface area contributed by atoms with Crippen LogP contribution in [0.5, 0.6) is 0 Å². The minimum atomic E-state index is -0.862. The third-order valence-corrected chi connectivity index (χ3v) is 4.20. The number of rotatable bonds is 6. The highest BCUT2D eigenvalue weighted by molar-refractivity contribution is 5.74. The number of nitrogens with zero attached hydrogens (tertiary/aromatic N) is 1. The molecule has 6 heteroatoms. The third kappa shape index (κ3) is 4.89. The van der Waals surface area contributed by atoms with E-state index >= 15 is 0 Å². The van der Waals surface area contributed by atoms with Crippen molar-refractivity contribution in [3.8, 4) is 0 Å². The van der Waals surface area contributed by atoms with E-state index < -0.39 is 11.6 Å². The first kappa shape index (κ1) is 17.7. The summed E-state index contributed by atoms with van der Waals surface area (Å²) in [6.45, 7) is 7.01. The number of halogens is 2. The Bertz CT molecular complexity index is 539. The Kier molecular flexibility index (Phi) is 6.33. The molecule has 0 spiro atoms. The predicted octanol–water partition coefficient (Wildman–Crippen LogP) is 3.14. The van der Waals surface area contributed by atoms with Crippen LogP contribution in [0, 0.1) is 17.6 Å². The van der Waals surface area contributed by atoms with Crippen LogP contribution in [0.25, 0.3) is 0 Å². The van der Waals surface area contributed by atoms with Crippen LogP contribution in [-0.2, 0) is 4.74 Å². The number of urea groups is 1. The van der Waals surface area contributed by atoms with Gasteiger partial charge in [0.1, 0.15) is 0 Å². The molecule has 2 rings (SSSR count). The first-order valence-corrected chi connectivity index (χ1v) is 8.06. The Hall–Kier alpha value is -1.69. The number of benzene rings is 1. The van der Waals surface area contributed by atoms with Crippen LogP contribution in [0.3, 0.4) is 0 Å². The van der Waals surface area contributed by atoms with E-state index in [0.717, 1.165) is 19.0 Å². The molecule has 0 aromatic heterocycles. The fourth-order valence-corrected chi connectivity index (χ4v) is 2.73. The molecule has 128 valence electrons. The maximum atomic E-state index is 13.2. The summed E-state index contributed by atoms with van der Waals surface area (Å²) in [5.41, 5.74) is 0.667. The van der Waals surface area contributed by atoms with Crippen LogP contribution in [0.2, 0.25) is 0 Å². The SMILES string of the molecule is CCOCC1CCN(C(=O)NCC(C)c2ccc(F)c(F)c2)C1. The number of carbonyl (C=O) groups excluding carboxylic acids is 1. The van der Waals surface area contributed by atoms with Crippen LogP contribution in [0.1, 0.15) is 31.7 Å². The van der Waals surface area contributed by atoms with Gasteiger partial charge in [-0.3, -0.25) is 0 Å². The lowest BCUT2D eigenvalue weighted by atomic mass is 10.0. The number of carbonyl (C=O) groups is 1. The normalized spacial score (nSPS) is 19.0. The van der Waals surface area contributed by atoms with Crippen molar-refractivity contribution in [2.45, 2.75) is 26.2 Å². The molecule has 1 heterocycles. The molecule has 1 aromatic carbocycles. The topological polar surface area (TPSA) is 41.6 Å². The standard InChI is InChI=1S/C17H24F2N2O2/c1-3-23-11-13-6-7-21(10-13)17(22)20-9-12(2)14-4-5-15(18)16(19)8-14/h4-5,8,12-13H,3,6-7,9-11H2,1-2H3,(H,20,22). The van der Waals surface area contributed by atoms with Crippen molar-refractivity contribution < 1.29 is 18.3 Å². The summed E-state index contributed by atoms with van der Waals surface area (Å²) in [6.07, 6.45) is 0.951. The Morgan fingerprint density at radius 2 is 2.22 bits per heavy atom. The average molecular weight is 326 g/mol. The van der Waals surface area contributed by atoms with Crippen LogP contribution in [0.15, 0.2) is 18.2 Å². The minimum Gasteiger partial charge on any atom is -0.381 e. The van der Waals surface area contributed by atoms with Gasteiger partial charge in [-0.15, -0.1) is 0 Å². The van der Waals surface area contributed by atoms with Crippen molar-refractivity contribution in [1.82, 2.24) is 10.2 Å². The van der Waals surface area contributed by atoms with Crippen molar-refractivity contribution in [1.29, 1.82) is 0 Å². The number of likely N-dealkylation sites (tertiary alicyclic amines) is 1. The maximum Gasteiger partial charge on any atom is 0.317 e. The first-order chi connectivity index (χ1) is 11.0. The Balaban J connectivity index is 1.79. The van der Waals surface area contributed by atoms with Crippen LogP contribution >= 0.6 is 0 Å². The zero-order valence-electron chi connectivity index (χ0n) is 13.6. The number of hydrogen-bond donors (Lipinski definition) is 1. The van der Waals surface area contributed by atoms with E-state index in [0.29, 0.717) is 37.8 Å². The second kappa shape index (κ2) is 8.24. The van der Waals surface area contributed by atoms with Gasteiger partial charge in [0.25, 0.3) is 0 Å². The molecule has 0 bridgehead atoms. The van der Waals surface area contributed by atoms with Gasteiger partial charge in [0.15, 0.2) is 11.6 Å². The molecule has 1 saturated heterocycles. The summed E-state index contributed by atoms with van der Waals surface area (Å²) < 4.78 is 31.6. The summed E-state index contributed by atoms with van der Waals surface area (Å²) >= 11 is 0. The van der Waals surface area contributed by atoms with Crippen LogP contribution < -0.4 is 5.32 Å². The molecule has 2 amide bonds. The fourth-order valence-electron chi connectivity index (χ4n) is 2.73. The second-order valence-corrected chi connectivity index (χ2v) is 6.02. The van der Waals surface area contributed by atoms with Gasteiger partial charge in [0, 0.05) is 32.2 Å². The van der Waals surface area contributed by atoms with Crippen molar-refractivity contribution >= 4 is 6.03 Å². The zero-order chi connectivity index (χ0) is 16.8. The van der Waals surface area contributed by atoms with Gasteiger partial charge in [-0.1, -0.05) is 13.0 Å². The number of amides is 2. The lowest BCUT2D eigenvalue weighted by Gasteiger charge is -2.19. The number of nitrogens with one attached hydrogen (secondary N) is 1. The van der Waals surface area contributed by atoms with Crippen molar-refractivity contribution in [2.24, 2.45) is 5.92 Å². The van der Waals surface area contributed by atoms with E-state index in [1.807, 2.05) is 13.8 Å². The Morgan fingerprint density at radius 1 is 1.43 bits per heavy atom. The predicted molar refractivity (Wildman–Crippen MR) is 84.3 cm³/mol. The van der Waals surface area contributed by atoms with Crippen LogP contribution in [-0.4, -0.2) is 43.8 Å². The van der Waals surface area contributed by atoms with Gasteiger partial charge < -0.3 is 15.0 Å². The van der Waals surface area contributed by atoms with Crippen LogP contribution in [0.4, 0.5) is 13.6 Å². The highest BCUT2D eigenvalue weighted by Gasteiger charge is 2.26. The molecule has 1 N–H and O–H groups in total. The summed E-state index contributed by atoms with van der Waals surface area (Å²) in [5, 5.41) is 2.86. The monoisotopic (exact) mass is 326 g/mol. The number of hydrogen-bond acceptors (Lipinski definition) is 2. The summed E-state index contributed by atoms with van der Waals surface area (Å²) in [7, 11) is 0. The first-order valence-electron chi connectivity index (χ1n) is 8.06. The maximum absolute atomic E-state index is 13.2. The van der Waals surface area contributed by atoms with Gasteiger partial charge >= 0.3 is 6.03 Å². The van der Waals surface area contributed by atoms with E-state index in [2.05, 4.69) is 5.32 Å². The summed E-state index contributed by atoms with van der Waals surface area (Å²) in [4.78, 5) is 13.9.